The molecule has 0 aliphatic carbocycles. The maximum atomic E-state index is 12.4. The number of oxime groups is 1. The van der Waals surface area contributed by atoms with Gasteiger partial charge >= 0.3 is 5.97 Å². The molecule has 7 heteroatoms. The van der Waals surface area contributed by atoms with Crippen LogP contribution in [0.15, 0.2) is 5.16 Å². The zero-order valence-corrected chi connectivity index (χ0v) is 14.2. The Bertz CT molecular complexity index is 469. The Morgan fingerprint density at radius 2 is 2.09 bits per heavy atom. The van der Waals surface area contributed by atoms with Gasteiger partial charge in [0.15, 0.2) is 5.71 Å². The molecule has 0 saturated carbocycles. The van der Waals surface area contributed by atoms with Crippen LogP contribution >= 0.6 is 0 Å². The summed E-state index contributed by atoms with van der Waals surface area (Å²) in [6.07, 6.45) is 3.36. The number of methoxy groups -OCH3 is 1. The van der Waals surface area contributed by atoms with Gasteiger partial charge in [0, 0.05) is 39.0 Å². The van der Waals surface area contributed by atoms with Crippen molar-refractivity contribution in [1.82, 2.24) is 4.90 Å². The van der Waals surface area contributed by atoms with E-state index in [1.165, 1.54) is 7.11 Å². The Morgan fingerprint density at radius 3 is 2.70 bits per heavy atom. The fourth-order valence-corrected chi connectivity index (χ4v) is 2.88. The van der Waals surface area contributed by atoms with Crippen LogP contribution in [0, 0.1) is 0 Å². The maximum absolute atomic E-state index is 12.4. The molecule has 1 unspecified atom stereocenters. The highest BCUT2D eigenvalue weighted by atomic mass is 16.7. The normalized spacial score (nSPS) is 20.8. The van der Waals surface area contributed by atoms with E-state index in [9.17, 15) is 9.59 Å². The van der Waals surface area contributed by atoms with Gasteiger partial charge in [-0.2, -0.15) is 0 Å². The predicted octanol–water partition coefficient (Wildman–Crippen LogP) is 1.50. The maximum Gasteiger partial charge on any atom is 0.355 e. The van der Waals surface area contributed by atoms with Crippen molar-refractivity contribution in [3.63, 3.8) is 0 Å². The van der Waals surface area contributed by atoms with Crippen LogP contribution in [0.2, 0.25) is 0 Å². The van der Waals surface area contributed by atoms with Crippen molar-refractivity contribution in [3.05, 3.63) is 0 Å². The smallest absolute Gasteiger partial charge is 0.355 e. The third-order valence-electron chi connectivity index (χ3n) is 4.46. The molecule has 0 aromatic heterocycles. The van der Waals surface area contributed by atoms with Gasteiger partial charge in [0.05, 0.1) is 7.11 Å². The first-order chi connectivity index (χ1) is 11.0. The lowest BCUT2D eigenvalue weighted by Gasteiger charge is -2.38. The van der Waals surface area contributed by atoms with E-state index in [-0.39, 0.29) is 5.91 Å². The number of unbranched alkanes of at least 4 members (excludes halogenated alkanes) is 1. The fourth-order valence-electron chi connectivity index (χ4n) is 2.88. The first-order valence-electron chi connectivity index (χ1n) is 8.25. The van der Waals surface area contributed by atoms with E-state index in [0.29, 0.717) is 44.7 Å². The molecule has 1 atom stereocenters. The summed E-state index contributed by atoms with van der Waals surface area (Å²) in [5.74, 6) is -0.429. The molecule has 0 radical (unpaired) electrons. The lowest BCUT2D eigenvalue weighted by molar-refractivity contribution is -0.148. The number of ether oxygens (including phenoxy) is 2. The summed E-state index contributed by atoms with van der Waals surface area (Å²) >= 11 is 0. The predicted molar refractivity (Wildman–Crippen MR) is 84.0 cm³/mol. The Balaban J connectivity index is 1.80. The number of amides is 1. The monoisotopic (exact) mass is 326 g/mol. The van der Waals surface area contributed by atoms with Crippen molar-refractivity contribution in [1.29, 1.82) is 0 Å². The van der Waals surface area contributed by atoms with E-state index in [2.05, 4.69) is 16.8 Å². The molecule has 1 amide bonds. The Kier molecular flexibility index (Phi) is 5.98. The molecule has 0 bridgehead atoms. The number of nitrogens with zero attached hydrogens (tertiary/aromatic N) is 2. The van der Waals surface area contributed by atoms with Crippen LogP contribution < -0.4 is 0 Å². The molecule has 1 spiro atoms. The summed E-state index contributed by atoms with van der Waals surface area (Å²) in [6.45, 7) is 5.67. The van der Waals surface area contributed by atoms with Crippen LogP contribution in [0.1, 0.15) is 46.0 Å². The summed E-state index contributed by atoms with van der Waals surface area (Å²) < 4.78 is 10.2. The van der Waals surface area contributed by atoms with Crippen LogP contribution in [0.4, 0.5) is 0 Å². The van der Waals surface area contributed by atoms with Gasteiger partial charge in [-0.3, -0.25) is 4.79 Å². The summed E-state index contributed by atoms with van der Waals surface area (Å²) in [4.78, 5) is 31.2. The lowest BCUT2D eigenvalue weighted by atomic mass is 9.86. The van der Waals surface area contributed by atoms with E-state index < -0.39 is 17.7 Å². The van der Waals surface area contributed by atoms with Crippen LogP contribution in [0.25, 0.3) is 0 Å². The SMILES string of the molecule is CCCCOC(C)C(=O)N1CCC2(CC1)CC(C(=O)OC)=NO2. The highest BCUT2D eigenvalue weighted by molar-refractivity contribution is 6.36. The van der Waals surface area contributed by atoms with Crippen molar-refractivity contribution in [2.45, 2.75) is 57.7 Å². The minimum absolute atomic E-state index is 0.0167. The van der Waals surface area contributed by atoms with E-state index >= 15 is 0 Å². The van der Waals surface area contributed by atoms with Crippen LogP contribution in [-0.4, -0.2) is 61.0 Å². The molecule has 0 aromatic carbocycles. The second-order valence-corrected chi connectivity index (χ2v) is 6.17. The first-order valence-corrected chi connectivity index (χ1v) is 8.25. The number of rotatable bonds is 6. The number of hydrogen-bond donors (Lipinski definition) is 0. The average Bonchev–Trinajstić information content (AvgIpc) is 2.98. The number of likely N-dealkylation sites (tertiary alicyclic amines) is 1. The summed E-state index contributed by atoms with van der Waals surface area (Å²) in [6, 6.07) is 0. The van der Waals surface area contributed by atoms with Gasteiger partial charge < -0.3 is 19.2 Å². The molecular weight excluding hydrogens is 300 g/mol. The van der Waals surface area contributed by atoms with Crippen molar-refractivity contribution in [2.75, 3.05) is 26.8 Å². The van der Waals surface area contributed by atoms with E-state index in [1.54, 1.807) is 11.8 Å². The van der Waals surface area contributed by atoms with Crippen LogP contribution in [0.5, 0.6) is 0 Å². The largest absolute Gasteiger partial charge is 0.464 e. The Labute approximate surface area is 136 Å². The molecule has 2 heterocycles. The third kappa shape index (κ3) is 4.22. The molecule has 2 aliphatic heterocycles. The van der Waals surface area contributed by atoms with Gasteiger partial charge in [-0.05, 0) is 13.3 Å². The second-order valence-electron chi connectivity index (χ2n) is 6.17. The zero-order chi connectivity index (χ0) is 16.9. The first kappa shape index (κ1) is 17.7. The van der Waals surface area contributed by atoms with Gasteiger partial charge in [-0.25, -0.2) is 4.79 Å². The topological polar surface area (TPSA) is 77.4 Å². The van der Waals surface area contributed by atoms with Gasteiger partial charge in [-0.15, -0.1) is 0 Å². The van der Waals surface area contributed by atoms with Gasteiger partial charge in [0.1, 0.15) is 11.7 Å². The quantitative estimate of drug-likeness (QED) is 0.546. The van der Waals surface area contributed by atoms with E-state index in [0.717, 1.165) is 12.8 Å². The lowest BCUT2D eigenvalue weighted by Crippen LogP contribution is -2.49. The van der Waals surface area contributed by atoms with Crippen molar-refractivity contribution < 1.29 is 23.9 Å². The summed E-state index contributed by atoms with van der Waals surface area (Å²) in [5, 5.41) is 3.85. The highest BCUT2D eigenvalue weighted by Gasteiger charge is 2.45. The molecule has 0 aromatic rings. The molecule has 0 N–H and O–H groups in total. The molecule has 23 heavy (non-hydrogen) atoms. The van der Waals surface area contributed by atoms with Crippen LogP contribution in [-0.2, 0) is 23.9 Å². The molecule has 7 nitrogen and oxygen atoms in total. The fraction of sp³-hybridized carbons (Fsp3) is 0.812. The van der Waals surface area contributed by atoms with E-state index in [4.69, 9.17) is 9.57 Å². The van der Waals surface area contributed by atoms with Crippen molar-refractivity contribution in [2.24, 2.45) is 5.16 Å². The molecule has 2 rings (SSSR count). The average molecular weight is 326 g/mol. The summed E-state index contributed by atoms with van der Waals surface area (Å²) in [7, 11) is 1.33. The number of hydrogen-bond acceptors (Lipinski definition) is 6. The van der Waals surface area contributed by atoms with Gasteiger partial charge in [0.2, 0.25) is 0 Å². The number of esters is 1. The highest BCUT2D eigenvalue weighted by Crippen LogP contribution is 2.35. The van der Waals surface area contributed by atoms with E-state index in [1.807, 2.05) is 0 Å². The minimum atomic E-state index is -0.466. The molecule has 1 fully saturated rings. The number of carbonyl (C=O) groups excluding carboxylic acids is 2. The molecule has 2 aliphatic rings. The Hall–Kier alpha value is -1.63. The van der Waals surface area contributed by atoms with Gasteiger partial charge in [0.25, 0.3) is 5.91 Å². The zero-order valence-electron chi connectivity index (χ0n) is 14.2. The second kappa shape index (κ2) is 7.77. The molecular formula is C16H26N2O5. The van der Waals surface area contributed by atoms with Crippen molar-refractivity contribution >= 4 is 17.6 Å². The van der Waals surface area contributed by atoms with Crippen molar-refractivity contribution in [3.8, 4) is 0 Å². The summed E-state index contributed by atoms with van der Waals surface area (Å²) in [5.41, 5.74) is -0.143. The third-order valence-corrected chi connectivity index (χ3v) is 4.46. The standard InChI is InChI=1S/C16H26N2O5/c1-4-5-10-22-12(2)14(19)18-8-6-16(7-9-18)11-13(17-23-16)15(20)21-3/h12H,4-11H2,1-3H3. The minimum Gasteiger partial charge on any atom is -0.464 e. The van der Waals surface area contributed by atoms with Crippen LogP contribution in [0.3, 0.4) is 0 Å². The number of piperidine rings is 1. The Morgan fingerprint density at radius 1 is 1.39 bits per heavy atom. The number of carbonyl (C=O) groups is 2. The molecule has 130 valence electrons. The van der Waals surface area contributed by atoms with Gasteiger partial charge in [-0.1, -0.05) is 18.5 Å². The molecule has 1 saturated heterocycles.